The van der Waals surface area contributed by atoms with E-state index in [-0.39, 0.29) is 6.42 Å². The Bertz CT molecular complexity index is 357. The maximum atomic E-state index is 10.3. The predicted molar refractivity (Wildman–Crippen MR) is 68.4 cm³/mol. The minimum absolute atomic E-state index is 0.124. The van der Waals surface area contributed by atoms with E-state index in [1.54, 1.807) is 12.4 Å². The van der Waals surface area contributed by atoms with Crippen molar-refractivity contribution in [1.29, 1.82) is 0 Å². The van der Waals surface area contributed by atoms with Crippen molar-refractivity contribution in [1.82, 2.24) is 10.3 Å². The first-order valence-corrected chi connectivity index (χ1v) is 6.09. The quantitative estimate of drug-likeness (QED) is 0.781. The molecule has 4 nitrogen and oxygen atoms in total. The Morgan fingerprint density at radius 2 is 2.44 bits per heavy atom. The summed E-state index contributed by atoms with van der Waals surface area (Å²) in [5.74, 6) is -0.309. The molecule has 0 aliphatic carbocycles. The van der Waals surface area contributed by atoms with Gasteiger partial charge in [-0.1, -0.05) is 30.0 Å². The Kier molecular flexibility index (Phi) is 5.81. The van der Waals surface area contributed by atoms with Gasteiger partial charge in [-0.05, 0) is 11.6 Å². The molecule has 0 atom stereocenters. The normalized spacial score (nSPS) is 9.75. The molecule has 0 aromatic carbocycles. The molecule has 6 heteroatoms. The first-order valence-electron chi connectivity index (χ1n) is 4.70. The van der Waals surface area contributed by atoms with Crippen LogP contribution in [0.4, 0.5) is 0 Å². The second kappa shape index (κ2) is 7.19. The number of aliphatic carboxylic acids is 1. The molecule has 1 aromatic rings. The van der Waals surface area contributed by atoms with Crippen LogP contribution in [0.25, 0.3) is 0 Å². The molecule has 0 bridgehead atoms. The summed E-state index contributed by atoms with van der Waals surface area (Å²) in [4.78, 5) is 14.3. The third-order valence-corrected chi connectivity index (χ3v) is 3.02. The van der Waals surface area contributed by atoms with Gasteiger partial charge >= 0.3 is 5.97 Å². The predicted octanol–water partition coefficient (Wildman–Crippen LogP) is 1.66. The maximum absolute atomic E-state index is 10.3. The summed E-state index contributed by atoms with van der Waals surface area (Å²) in [5.41, 5.74) is 1.05. The van der Waals surface area contributed by atoms with Crippen LogP contribution in [0, 0.1) is 0 Å². The van der Waals surface area contributed by atoms with Crippen molar-refractivity contribution in [2.75, 3.05) is 5.75 Å². The number of rotatable bonds is 5. The van der Waals surface area contributed by atoms with Crippen LogP contribution in [-0.4, -0.2) is 26.1 Å². The van der Waals surface area contributed by atoms with Gasteiger partial charge in [-0.3, -0.25) is 9.78 Å². The number of nitrogens with one attached hydrogen (secondary N) is 1. The zero-order chi connectivity index (χ0) is 11.8. The summed E-state index contributed by atoms with van der Waals surface area (Å²) >= 11 is 6.39. The average Bonchev–Trinajstić information content (AvgIpc) is 2.27. The van der Waals surface area contributed by atoms with Crippen molar-refractivity contribution in [3.63, 3.8) is 0 Å². The number of pyridine rings is 1. The lowest BCUT2D eigenvalue weighted by molar-refractivity contribution is -0.136. The molecular formula is C10H12N2O2S2. The molecule has 0 spiro atoms. The number of hydrogen-bond donors (Lipinski definition) is 2. The van der Waals surface area contributed by atoms with Crippen LogP contribution in [0.1, 0.15) is 12.0 Å². The van der Waals surface area contributed by atoms with E-state index in [4.69, 9.17) is 17.3 Å². The Labute approximate surface area is 103 Å². The molecule has 1 rings (SSSR count). The fraction of sp³-hybridized carbons (Fsp3) is 0.300. The van der Waals surface area contributed by atoms with Crippen molar-refractivity contribution >= 4 is 34.3 Å². The summed E-state index contributed by atoms with van der Waals surface area (Å²) in [5, 5.41) is 11.5. The van der Waals surface area contributed by atoms with E-state index >= 15 is 0 Å². The van der Waals surface area contributed by atoms with E-state index in [0.29, 0.717) is 16.6 Å². The van der Waals surface area contributed by atoms with Crippen LogP contribution in [0.2, 0.25) is 0 Å². The van der Waals surface area contributed by atoms with Crippen molar-refractivity contribution in [2.24, 2.45) is 0 Å². The van der Waals surface area contributed by atoms with Gasteiger partial charge in [-0.15, -0.1) is 0 Å². The highest BCUT2D eigenvalue weighted by atomic mass is 32.2. The Balaban J connectivity index is 2.18. The smallest absolute Gasteiger partial charge is 0.304 e. The first-order chi connectivity index (χ1) is 7.68. The zero-order valence-electron chi connectivity index (χ0n) is 8.55. The molecule has 0 saturated heterocycles. The van der Waals surface area contributed by atoms with Gasteiger partial charge in [0.15, 0.2) is 0 Å². The first kappa shape index (κ1) is 12.9. The lowest BCUT2D eigenvalue weighted by Crippen LogP contribution is -2.18. The minimum Gasteiger partial charge on any atom is -0.481 e. The number of aromatic nitrogens is 1. The van der Waals surface area contributed by atoms with Crippen LogP contribution < -0.4 is 5.32 Å². The average molecular weight is 256 g/mol. The van der Waals surface area contributed by atoms with Gasteiger partial charge in [-0.2, -0.15) is 0 Å². The summed E-state index contributed by atoms with van der Waals surface area (Å²) in [6, 6.07) is 3.81. The minimum atomic E-state index is -0.803. The van der Waals surface area contributed by atoms with Gasteiger partial charge in [0.2, 0.25) is 0 Å². The number of hydrogen-bond acceptors (Lipinski definition) is 4. The van der Waals surface area contributed by atoms with Crippen molar-refractivity contribution in [2.45, 2.75) is 13.0 Å². The molecule has 16 heavy (non-hydrogen) atoms. The standard InChI is InChI=1S/C10H12N2O2S2/c13-9(14)3-5-16-10(15)12-7-8-2-1-4-11-6-8/h1-2,4,6H,3,5,7H2,(H,12,15)(H,13,14). The maximum Gasteiger partial charge on any atom is 0.304 e. The van der Waals surface area contributed by atoms with E-state index in [9.17, 15) is 4.79 Å². The highest BCUT2D eigenvalue weighted by molar-refractivity contribution is 8.22. The third kappa shape index (κ3) is 5.67. The fourth-order valence-electron chi connectivity index (χ4n) is 0.959. The molecule has 0 aliphatic rings. The molecule has 0 unspecified atom stereocenters. The van der Waals surface area contributed by atoms with Crippen LogP contribution in [-0.2, 0) is 11.3 Å². The second-order valence-electron chi connectivity index (χ2n) is 2.99. The SMILES string of the molecule is O=C(O)CCSC(=S)NCc1cccnc1. The summed E-state index contributed by atoms with van der Waals surface area (Å²) in [6.07, 6.45) is 3.60. The van der Waals surface area contributed by atoms with Crippen LogP contribution in [0.15, 0.2) is 24.5 Å². The van der Waals surface area contributed by atoms with Crippen LogP contribution in [0.3, 0.4) is 0 Å². The number of carboxylic acid groups (broad SMARTS) is 1. The van der Waals surface area contributed by atoms with Gasteiger partial charge in [0.05, 0.1) is 6.42 Å². The monoisotopic (exact) mass is 256 g/mol. The zero-order valence-corrected chi connectivity index (χ0v) is 10.2. The van der Waals surface area contributed by atoms with Crippen molar-refractivity contribution in [3.8, 4) is 0 Å². The van der Waals surface area contributed by atoms with Gasteiger partial charge in [0, 0.05) is 24.7 Å². The Morgan fingerprint density at radius 1 is 1.62 bits per heavy atom. The van der Waals surface area contributed by atoms with Crippen molar-refractivity contribution in [3.05, 3.63) is 30.1 Å². The summed E-state index contributed by atoms with van der Waals surface area (Å²) < 4.78 is 0.616. The van der Waals surface area contributed by atoms with Gasteiger partial charge in [0.1, 0.15) is 4.32 Å². The topological polar surface area (TPSA) is 62.2 Å². The van der Waals surface area contributed by atoms with E-state index in [2.05, 4.69) is 10.3 Å². The van der Waals surface area contributed by atoms with E-state index in [1.165, 1.54) is 11.8 Å². The second-order valence-corrected chi connectivity index (χ2v) is 4.77. The number of nitrogens with zero attached hydrogens (tertiary/aromatic N) is 1. The Hall–Kier alpha value is -1.14. The largest absolute Gasteiger partial charge is 0.481 e. The van der Waals surface area contributed by atoms with Gasteiger partial charge < -0.3 is 10.4 Å². The van der Waals surface area contributed by atoms with Crippen LogP contribution >= 0.6 is 24.0 Å². The van der Waals surface area contributed by atoms with Gasteiger partial charge in [-0.25, -0.2) is 0 Å². The molecule has 0 radical (unpaired) electrons. The number of carbonyl (C=O) groups is 1. The molecule has 1 aromatic heterocycles. The van der Waals surface area contributed by atoms with E-state index in [0.717, 1.165) is 5.56 Å². The lowest BCUT2D eigenvalue weighted by atomic mass is 10.3. The summed E-state index contributed by atoms with van der Waals surface area (Å²) in [7, 11) is 0. The fourth-order valence-corrected chi connectivity index (χ4v) is 1.92. The van der Waals surface area contributed by atoms with Crippen LogP contribution in [0.5, 0.6) is 0 Å². The lowest BCUT2D eigenvalue weighted by Gasteiger charge is -2.06. The Morgan fingerprint density at radius 3 is 3.06 bits per heavy atom. The molecule has 0 saturated carbocycles. The number of thioether (sulfide) groups is 1. The number of carboxylic acids is 1. The third-order valence-electron chi connectivity index (χ3n) is 1.71. The molecule has 0 fully saturated rings. The molecule has 86 valence electrons. The highest BCUT2D eigenvalue weighted by Crippen LogP contribution is 2.05. The molecule has 2 N–H and O–H groups in total. The molecule has 0 aliphatic heterocycles. The van der Waals surface area contributed by atoms with E-state index in [1.807, 2.05) is 12.1 Å². The summed E-state index contributed by atoms with van der Waals surface area (Å²) in [6.45, 7) is 0.618. The number of thiocarbonyl (C=S) groups is 1. The van der Waals surface area contributed by atoms with Crippen molar-refractivity contribution < 1.29 is 9.90 Å². The highest BCUT2D eigenvalue weighted by Gasteiger charge is 2.01. The molecular weight excluding hydrogens is 244 g/mol. The molecule has 0 amide bonds. The van der Waals surface area contributed by atoms with Gasteiger partial charge in [0.25, 0.3) is 0 Å². The van der Waals surface area contributed by atoms with E-state index < -0.39 is 5.97 Å². The molecule has 1 heterocycles.